The van der Waals surface area contributed by atoms with E-state index in [1.165, 1.54) is 0 Å². The molecule has 8 heavy (non-hydrogen) atoms. The van der Waals surface area contributed by atoms with Gasteiger partial charge in [0.05, 0.1) is 0 Å². The van der Waals surface area contributed by atoms with E-state index in [2.05, 4.69) is 0 Å². The Morgan fingerprint density at radius 3 is 0.875 bits per heavy atom. The van der Waals surface area contributed by atoms with Gasteiger partial charge in [-0.3, -0.25) is 0 Å². The molecule has 0 bridgehead atoms. The minimum Gasteiger partial charge on any atom is 0 e. The van der Waals surface area contributed by atoms with Gasteiger partial charge in [0.2, 0.25) is 0 Å². The van der Waals surface area contributed by atoms with E-state index < -0.39 is 9.05 Å². The summed E-state index contributed by atoms with van der Waals surface area (Å²) < 4.78 is 0. The molecule has 0 saturated carbocycles. The van der Waals surface area contributed by atoms with Crippen LogP contribution >= 0.6 is 0 Å². The van der Waals surface area contributed by atoms with E-state index in [1.54, 1.807) is 0 Å². The first-order valence-corrected chi connectivity index (χ1v) is 2.68. The summed E-state index contributed by atoms with van der Waals surface area (Å²) in [6, 6.07) is 0. The summed E-state index contributed by atoms with van der Waals surface area (Å²) in [5.74, 6) is 0. The Kier molecular flexibility index (Phi) is 28.1. The first-order chi connectivity index (χ1) is 2.00. The normalized spacial score (nSPS) is 7.50. The van der Waals surface area contributed by atoms with Gasteiger partial charge in [-0.15, -0.1) is 0 Å². The minimum absolute atomic E-state index is 0. The van der Waals surface area contributed by atoms with Gasteiger partial charge in [-0.1, -0.05) is 0 Å². The van der Waals surface area contributed by atoms with Crippen molar-refractivity contribution >= 4 is 81.0 Å². The van der Waals surface area contributed by atoms with Crippen LogP contribution in [0.25, 0.3) is 0 Å². The Morgan fingerprint density at radius 1 is 0.875 bits per heavy atom. The van der Waals surface area contributed by atoms with Crippen molar-refractivity contribution in [2.75, 3.05) is 0 Å². The maximum atomic E-state index is 7.33. The third-order valence-corrected chi connectivity index (χ3v) is 0. The molecule has 4 nitrogen and oxygen atoms in total. The van der Waals surface area contributed by atoms with Gasteiger partial charge < -0.3 is 19.2 Å². The van der Waals surface area contributed by atoms with Crippen LogP contribution in [0.5, 0.6) is 0 Å². The van der Waals surface area contributed by atoms with Gasteiger partial charge in [0.1, 0.15) is 0 Å². The van der Waals surface area contributed by atoms with E-state index in [1.807, 2.05) is 0 Å². The summed E-state index contributed by atoms with van der Waals surface area (Å²) in [6.45, 7) is 0. The molecular weight excluding hydrogens is 319 g/mol. The average molecular weight is 327 g/mol. The minimum atomic E-state index is -4.61. The molecule has 0 amide bonds. The van der Waals surface area contributed by atoms with Gasteiger partial charge in [-0.05, 0) is 0 Å². The molecule has 0 unspecified atom stereocenters. The van der Waals surface area contributed by atoms with Crippen molar-refractivity contribution in [2.45, 2.75) is 0 Å². The van der Waals surface area contributed by atoms with Crippen molar-refractivity contribution in [3.05, 3.63) is 0 Å². The first-order valence-electron chi connectivity index (χ1n) is 0.894. The zero-order valence-corrected chi connectivity index (χ0v) is 6.96. The van der Waals surface area contributed by atoms with E-state index in [-0.39, 0.29) is 91.4 Å². The van der Waals surface area contributed by atoms with E-state index in [9.17, 15) is 0 Å². The molecule has 0 aliphatic rings. The summed E-state index contributed by atoms with van der Waals surface area (Å²) in [5.41, 5.74) is 0. The topological polar surface area (TPSA) is 80.9 Å². The van der Waals surface area contributed by atoms with Crippen LogP contribution in [0.15, 0.2) is 0 Å². The number of hydrogen-bond acceptors (Lipinski definition) is 4. The van der Waals surface area contributed by atoms with Crippen molar-refractivity contribution < 1.29 is 38.7 Å². The van der Waals surface area contributed by atoms with Crippen molar-refractivity contribution in [1.82, 2.24) is 0 Å². The molecule has 8 heteroatoms. The predicted molar refractivity (Wildman–Crippen MR) is 31.7 cm³/mol. The fraction of sp³-hybridized carbons (Fsp3) is 0. The van der Waals surface area contributed by atoms with Crippen LogP contribution < -0.4 is 0 Å². The zero-order valence-electron chi connectivity index (χ0n) is 3.00. The van der Waals surface area contributed by atoms with Crippen molar-refractivity contribution in [1.29, 1.82) is 0 Å². The van der Waals surface area contributed by atoms with E-state index in [0.717, 1.165) is 0 Å². The van der Waals surface area contributed by atoms with E-state index in [0.29, 0.717) is 0 Å². The maximum Gasteiger partial charge on any atom is 0.316 e. The van der Waals surface area contributed by atoms with Crippen molar-refractivity contribution in [3.8, 4) is 0 Å². The Hall–Kier alpha value is 3.02. The second-order valence-corrected chi connectivity index (χ2v) is 1.80. The fourth-order valence-corrected chi connectivity index (χ4v) is 0. The Labute approximate surface area is 117 Å². The van der Waals surface area contributed by atoms with Crippen LogP contribution in [0, 0.1) is 0 Å². The second-order valence-electron chi connectivity index (χ2n) is 0.600. The standard InChI is InChI=1S/Ba.Mg.H4O4Si.Zn.4H/c;;1-5(2,3)4;;;;;/h;;1-4H;;;;;. The summed E-state index contributed by atoms with van der Waals surface area (Å²) in [4.78, 5) is 29.3. The molecule has 0 aliphatic heterocycles. The summed E-state index contributed by atoms with van der Waals surface area (Å²) in [7, 11) is -4.61. The second kappa shape index (κ2) is 10.0. The molecule has 4 N–H and O–H groups in total. The van der Waals surface area contributed by atoms with Gasteiger partial charge in [-0.25, -0.2) is 0 Å². The van der Waals surface area contributed by atoms with Crippen LogP contribution in [-0.4, -0.2) is 100 Å². The third-order valence-electron chi connectivity index (χ3n) is 0. The van der Waals surface area contributed by atoms with Gasteiger partial charge >= 0.3 is 81.0 Å². The number of rotatable bonds is 0. The molecule has 0 aromatic rings. The molecule has 0 aromatic carbocycles. The van der Waals surface area contributed by atoms with Crippen LogP contribution in [0.2, 0.25) is 0 Å². The largest absolute Gasteiger partial charge is 0.316 e. The molecule has 0 rings (SSSR count). The summed E-state index contributed by atoms with van der Waals surface area (Å²) >= 11 is 0. The molecule has 42 valence electrons. The molecule has 0 radical (unpaired) electrons. The van der Waals surface area contributed by atoms with Crippen LogP contribution in [0.4, 0.5) is 0 Å². The molecule has 0 saturated heterocycles. The summed E-state index contributed by atoms with van der Waals surface area (Å²) in [5, 5.41) is 0. The SMILES string of the molecule is O[Si](O)(O)O.[BaH2].[MgH2].[Zn]. The fourth-order valence-electron chi connectivity index (χ4n) is 0. The molecule has 0 spiro atoms. The Morgan fingerprint density at radius 2 is 0.875 bits per heavy atom. The van der Waals surface area contributed by atoms with E-state index in [4.69, 9.17) is 19.2 Å². The van der Waals surface area contributed by atoms with Crippen molar-refractivity contribution in [2.24, 2.45) is 0 Å². The molecule has 0 fully saturated rings. The number of hydrogen-bond donors (Lipinski definition) is 4. The van der Waals surface area contributed by atoms with Crippen LogP contribution in [0.3, 0.4) is 0 Å². The van der Waals surface area contributed by atoms with Gasteiger partial charge in [0, 0.05) is 19.5 Å². The molecule has 0 heterocycles. The van der Waals surface area contributed by atoms with Crippen LogP contribution in [0.1, 0.15) is 0 Å². The summed E-state index contributed by atoms with van der Waals surface area (Å²) in [6.07, 6.45) is 0. The molecule has 0 aliphatic carbocycles. The van der Waals surface area contributed by atoms with Crippen molar-refractivity contribution in [3.63, 3.8) is 0 Å². The van der Waals surface area contributed by atoms with Gasteiger partial charge in [0.25, 0.3) is 0 Å². The zero-order chi connectivity index (χ0) is 4.50. The smallest absolute Gasteiger partial charge is 0 e. The quantitative estimate of drug-likeness (QED) is 0.339. The van der Waals surface area contributed by atoms with Gasteiger partial charge in [-0.2, -0.15) is 0 Å². The third kappa shape index (κ3) is 63.7. The first kappa shape index (κ1) is 22.5. The molecule has 0 atom stereocenters. The predicted octanol–water partition coefficient (Wildman–Crippen LogP) is -4.44. The van der Waals surface area contributed by atoms with E-state index >= 15 is 0 Å². The Balaban J connectivity index is -0.0000000267. The Bertz CT molecular complexity index is 31.5. The van der Waals surface area contributed by atoms with Crippen LogP contribution in [-0.2, 0) is 19.5 Å². The molecule has 0 aromatic heterocycles. The monoisotopic (exact) mass is 326 g/mol. The van der Waals surface area contributed by atoms with Gasteiger partial charge in [0.15, 0.2) is 0 Å². The molecular formula is H8BaMgO4SiZn. The maximum absolute atomic E-state index is 7.33. The average Bonchev–Trinajstić information content (AvgIpc) is 0.722.